The first-order chi connectivity index (χ1) is 13.5. The van der Waals surface area contributed by atoms with Gasteiger partial charge >= 0.3 is 5.97 Å². The molecule has 0 heterocycles. The molecule has 11 N–H and O–H groups in total. The summed E-state index contributed by atoms with van der Waals surface area (Å²) in [7, 11) is 0. The number of aliphatic carboxylic acids is 1. The first-order valence-corrected chi connectivity index (χ1v) is 9.01. The molecule has 0 aromatic carbocycles. The lowest BCUT2D eigenvalue weighted by Gasteiger charge is -2.24. The predicted molar refractivity (Wildman–Crippen MR) is 101 cm³/mol. The lowest BCUT2D eigenvalue weighted by molar-refractivity contribution is -0.139. The van der Waals surface area contributed by atoms with Gasteiger partial charge in [-0.3, -0.25) is 24.0 Å². The quantitative estimate of drug-likeness (QED) is 0.128. The molecule has 0 saturated carbocycles. The molecule has 4 unspecified atom stereocenters. The molecular weight excluding hydrogens is 388 g/mol. The molecule has 13 nitrogen and oxygen atoms in total. The second-order valence-electron chi connectivity index (χ2n) is 6.46. The molecule has 0 aliphatic rings. The third kappa shape index (κ3) is 11.0. The van der Waals surface area contributed by atoms with Gasteiger partial charge in [-0.25, -0.2) is 0 Å². The van der Waals surface area contributed by atoms with E-state index >= 15 is 0 Å². The molecule has 0 aromatic heterocycles. The number of nitrogens with two attached hydrogens (primary N) is 3. The van der Waals surface area contributed by atoms with Crippen LogP contribution in [-0.2, 0) is 24.0 Å². The molecule has 0 rings (SSSR count). The number of rotatable bonds is 14. The largest absolute Gasteiger partial charge is 0.480 e. The van der Waals surface area contributed by atoms with Crippen molar-refractivity contribution in [3.63, 3.8) is 0 Å². The van der Waals surface area contributed by atoms with Crippen LogP contribution < -0.4 is 33.2 Å². The van der Waals surface area contributed by atoms with Crippen LogP contribution in [0, 0.1) is 0 Å². The Morgan fingerprint density at radius 2 is 1.55 bits per heavy atom. The number of aliphatic hydroxyl groups excluding tert-OH is 1. The van der Waals surface area contributed by atoms with E-state index in [9.17, 15) is 29.1 Å². The fourth-order valence-corrected chi connectivity index (χ4v) is 2.22. The van der Waals surface area contributed by atoms with Crippen molar-refractivity contribution in [2.24, 2.45) is 17.2 Å². The highest BCUT2D eigenvalue weighted by Crippen LogP contribution is 2.03. The first kappa shape index (κ1) is 26.2. The molecule has 0 bridgehead atoms. The minimum Gasteiger partial charge on any atom is -0.480 e. The molecule has 13 heteroatoms. The van der Waals surface area contributed by atoms with E-state index in [1.165, 1.54) is 6.92 Å². The summed E-state index contributed by atoms with van der Waals surface area (Å²) >= 11 is 0. The number of carboxylic acids is 1. The molecule has 0 aliphatic carbocycles. The van der Waals surface area contributed by atoms with Crippen LogP contribution in [-0.4, -0.2) is 77.1 Å². The smallest absolute Gasteiger partial charge is 0.322 e. The highest BCUT2D eigenvalue weighted by molar-refractivity contribution is 5.95. The van der Waals surface area contributed by atoms with Gasteiger partial charge in [0.2, 0.25) is 23.6 Å². The number of carbonyl (C=O) groups excluding carboxylic acids is 4. The summed E-state index contributed by atoms with van der Waals surface area (Å²) in [6.07, 6.45) is -0.613. The van der Waals surface area contributed by atoms with Gasteiger partial charge in [0.15, 0.2) is 0 Å². The van der Waals surface area contributed by atoms with E-state index < -0.39 is 66.8 Å². The molecule has 0 radical (unpaired) electrons. The average Bonchev–Trinajstić information content (AvgIpc) is 2.63. The number of aliphatic hydroxyl groups is 1. The van der Waals surface area contributed by atoms with E-state index in [-0.39, 0.29) is 6.42 Å². The fourth-order valence-electron chi connectivity index (χ4n) is 2.22. The lowest BCUT2D eigenvalue weighted by Crippen LogP contribution is -2.58. The molecule has 0 fully saturated rings. The minimum atomic E-state index is -1.44. The summed E-state index contributed by atoms with van der Waals surface area (Å²) in [6, 6.07) is -3.91. The van der Waals surface area contributed by atoms with E-state index in [1.807, 2.05) is 0 Å². The zero-order chi connectivity index (χ0) is 22.6. The Bertz CT molecular complexity index is 598. The van der Waals surface area contributed by atoms with Crippen LogP contribution in [0.4, 0.5) is 0 Å². The zero-order valence-electron chi connectivity index (χ0n) is 16.2. The van der Waals surface area contributed by atoms with Crippen molar-refractivity contribution in [2.75, 3.05) is 13.1 Å². The highest BCUT2D eigenvalue weighted by Gasteiger charge is 2.30. The van der Waals surface area contributed by atoms with Crippen LogP contribution in [0.3, 0.4) is 0 Å². The van der Waals surface area contributed by atoms with Crippen LogP contribution in [0.5, 0.6) is 0 Å². The molecule has 4 amide bonds. The molecule has 166 valence electrons. The van der Waals surface area contributed by atoms with Crippen molar-refractivity contribution in [3.8, 4) is 0 Å². The van der Waals surface area contributed by atoms with Crippen molar-refractivity contribution >= 4 is 29.6 Å². The Hall–Kier alpha value is -2.77. The SMILES string of the molecule is CC(O)C(N)C(=O)NC(CC(N)=O)C(=O)NC(CCCCN)C(=O)NCC(=O)O. The van der Waals surface area contributed by atoms with Gasteiger partial charge in [-0.2, -0.15) is 0 Å². The van der Waals surface area contributed by atoms with E-state index in [0.29, 0.717) is 19.4 Å². The number of primary amides is 1. The standard InChI is InChI=1S/C16H30N6O7/c1-8(23)13(19)16(29)22-10(6-11(18)24)15(28)21-9(4-2-3-5-17)14(27)20-7-12(25)26/h8-10,13,23H,2-7,17,19H2,1H3,(H2,18,24)(H,20,27)(H,21,28)(H,22,29)(H,25,26). The number of amides is 4. The second kappa shape index (κ2) is 13.4. The molecule has 0 aromatic rings. The Morgan fingerprint density at radius 1 is 0.966 bits per heavy atom. The van der Waals surface area contributed by atoms with Crippen LogP contribution in [0.25, 0.3) is 0 Å². The van der Waals surface area contributed by atoms with Gasteiger partial charge < -0.3 is 43.4 Å². The van der Waals surface area contributed by atoms with Gasteiger partial charge in [-0.05, 0) is 32.7 Å². The summed E-state index contributed by atoms with van der Waals surface area (Å²) in [6.45, 7) is 0.982. The number of unbranched alkanes of at least 4 members (excludes halogenated alkanes) is 1. The maximum absolute atomic E-state index is 12.5. The van der Waals surface area contributed by atoms with E-state index in [4.69, 9.17) is 22.3 Å². The van der Waals surface area contributed by atoms with Crippen molar-refractivity contribution in [2.45, 2.75) is 56.8 Å². The fraction of sp³-hybridized carbons (Fsp3) is 0.688. The number of hydrogen-bond donors (Lipinski definition) is 8. The number of hydrogen-bond acceptors (Lipinski definition) is 8. The van der Waals surface area contributed by atoms with Crippen LogP contribution >= 0.6 is 0 Å². The number of nitrogens with one attached hydrogen (secondary N) is 3. The maximum atomic E-state index is 12.5. The predicted octanol–water partition coefficient (Wildman–Crippen LogP) is -4.13. The lowest BCUT2D eigenvalue weighted by atomic mass is 10.1. The Labute approximate surface area is 167 Å². The highest BCUT2D eigenvalue weighted by atomic mass is 16.4. The molecular formula is C16H30N6O7. The molecule has 0 spiro atoms. The van der Waals surface area contributed by atoms with Crippen LogP contribution in [0.2, 0.25) is 0 Å². The summed E-state index contributed by atoms with van der Waals surface area (Å²) in [5.74, 6) is -4.69. The van der Waals surface area contributed by atoms with Crippen LogP contribution in [0.1, 0.15) is 32.6 Å². The first-order valence-electron chi connectivity index (χ1n) is 9.01. The summed E-state index contributed by atoms with van der Waals surface area (Å²) in [4.78, 5) is 58.6. The third-order valence-electron chi connectivity index (χ3n) is 3.85. The third-order valence-corrected chi connectivity index (χ3v) is 3.85. The second-order valence-corrected chi connectivity index (χ2v) is 6.46. The average molecular weight is 418 g/mol. The topological polar surface area (TPSA) is 240 Å². The van der Waals surface area contributed by atoms with Crippen molar-refractivity contribution in [3.05, 3.63) is 0 Å². The van der Waals surface area contributed by atoms with Crippen molar-refractivity contribution < 1.29 is 34.2 Å². The van der Waals surface area contributed by atoms with E-state index in [1.54, 1.807) is 0 Å². The molecule has 0 saturated heterocycles. The Kier molecular flexibility index (Phi) is 12.1. The molecule has 4 atom stereocenters. The van der Waals surface area contributed by atoms with Crippen LogP contribution in [0.15, 0.2) is 0 Å². The summed E-state index contributed by atoms with van der Waals surface area (Å²) in [5, 5.41) is 24.8. The molecule has 0 aliphatic heterocycles. The van der Waals surface area contributed by atoms with Gasteiger partial charge in [-0.15, -0.1) is 0 Å². The van der Waals surface area contributed by atoms with E-state index in [0.717, 1.165) is 0 Å². The minimum absolute atomic E-state index is 0.152. The van der Waals surface area contributed by atoms with Crippen molar-refractivity contribution in [1.29, 1.82) is 0 Å². The number of carbonyl (C=O) groups is 5. The summed E-state index contributed by atoms with van der Waals surface area (Å²) < 4.78 is 0. The van der Waals surface area contributed by atoms with Gasteiger partial charge in [-0.1, -0.05) is 0 Å². The maximum Gasteiger partial charge on any atom is 0.322 e. The molecule has 29 heavy (non-hydrogen) atoms. The van der Waals surface area contributed by atoms with Gasteiger partial charge in [0, 0.05) is 0 Å². The number of carboxylic acid groups (broad SMARTS) is 1. The van der Waals surface area contributed by atoms with Gasteiger partial charge in [0.05, 0.1) is 12.5 Å². The summed E-state index contributed by atoms with van der Waals surface area (Å²) in [5.41, 5.74) is 16.0. The monoisotopic (exact) mass is 418 g/mol. The van der Waals surface area contributed by atoms with Gasteiger partial charge in [0.25, 0.3) is 0 Å². The zero-order valence-corrected chi connectivity index (χ0v) is 16.2. The normalized spacial score (nSPS) is 14.8. The van der Waals surface area contributed by atoms with E-state index in [2.05, 4.69) is 16.0 Å². The van der Waals surface area contributed by atoms with Crippen molar-refractivity contribution in [1.82, 2.24) is 16.0 Å². The Balaban J connectivity index is 5.25. The van der Waals surface area contributed by atoms with Gasteiger partial charge in [0.1, 0.15) is 24.7 Å². The Morgan fingerprint density at radius 3 is 2.03 bits per heavy atom.